The smallest absolute Gasteiger partial charge is 0.0467 e. The third-order valence-electron chi connectivity index (χ3n) is 10.9. The molecule has 0 saturated heterocycles. The zero-order valence-electron chi connectivity index (χ0n) is 33.4. The van der Waals surface area contributed by atoms with Crippen molar-refractivity contribution in [2.24, 2.45) is 0 Å². The Morgan fingerprint density at radius 1 is 0.233 bits per heavy atom. The molecular weight excluding hydrogens is 725 g/mol. The van der Waals surface area contributed by atoms with Crippen LogP contribution in [0, 0.1) is 0 Å². The van der Waals surface area contributed by atoms with E-state index in [0.717, 1.165) is 67.5 Å². The molecule has 0 N–H and O–H groups in total. The van der Waals surface area contributed by atoms with Crippen molar-refractivity contribution < 1.29 is 0 Å². The fourth-order valence-electron chi connectivity index (χ4n) is 7.90. The largest absolute Gasteiger partial charge is 0.310 e. The fraction of sp³-hybridized carbons (Fsp3) is 0. The number of hydrogen-bond donors (Lipinski definition) is 0. The van der Waals surface area contributed by atoms with Gasteiger partial charge in [0.25, 0.3) is 0 Å². The molecule has 0 fully saturated rings. The van der Waals surface area contributed by atoms with Crippen LogP contribution in [-0.4, -0.2) is 0 Å². The lowest BCUT2D eigenvalue weighted by Crippen LogP contribution is -2.12. The van der Waals surface area contributed by atoms with E-state index in [0.29, 0.717) is 0 Å². The van der Waals surface area contributed by atoms with Crippen LogP contribution in [0.2, 0.25) is 0 Å². The summed E-state index contributed by atoms with van der Waals surface area (Å²) in [6, 6.07) is 82.3. The normalized spacial score (nSPS) is 10.8. The molecule has 2 heteroatoms. The molecule has 0 aliphatic rings. The molecule has 0 heterocycles. The summed E-state index contributed by atoms with van der Waals surface area (Å²) in [6.07, 6.45) is 3.79. The van der Waals surface area contributed by atoms with E-state index in [1.807, 2.05) is 12.2 Å². The molecule has 9 aromatic rings. The molecule has 60 heavy (non-hydrogen) atoms. The van der Waals surface area contributed by atoms with Crippen molar-refractivity contribution in [3.05, 3.63) is 255 Å². The van der Waals surface area contributed by atoms with Crippen LogP contribution in [0.3, 0.4) is 0 Å². The van der Waals surface area contributed by atoms with Crippen LogP contribution >= 0.6 is 0 Å². The highest BCUT2D eigenvalue weighted by Crippen LogP contribution is 2.41. The molecule has 0 aromatic heterocycles. The van der Waals surface area contributed by atoms with E-state index < -0.39 is 0 Å². The van der Waals surface area contributed by atoms with Crippen LogP contribution in [0.5, 0.6) is 0 Å². The van der Waals surface area contributed by atoms with Crippen LogP contribution in [-0.2, 0) is 0 Å². The second kappa shape index (κ2) is 17.3. The van der Waals surface area contributed by atoms with E-state index in [1.54, 1.807) is 0 Å². The van der Waals surface area contributed by atoms with E-state index >= 15 is 0 Å². The summed E-state index contributed by atoms with van der Waals surface area (Å²) in [4.78, 5) is 4.66. The number of anilines is 6. The lowest BCUT2D eigenvalue weighted by molar-refractivity contribution is 1.26. The number of benzene rings is 9. The number of nitrogens with zero attached hydrogens (tertiary/aromatic N) is 2. The summed E-state index contributed by atoms with van der Waals surface area (Å²) >= 11 is 0. The van der Waals surface area contributed by atoms with Gasteiger partial charge in [0.1, 0.15) is 0 Å². The maximum absolute atomic E-state index is 3.97. The van der Waals surface area contributed by atoms with Crippen molar-refractivity contribution in [1.29, 1.82) is 0 Å². The van der Waals surface area contributed by atoms with Gasteiger partial charge < -0.3 is 9.80 Å². The van der Waals surface area contributed by atoms with Crippen molar-refractivity contribution in [3.8, 4) is 44.5 Å². The van der Waals surface area contributed by atoms with Gasteiger partial charge in [-0.3, -0.25) is 0 Å². The van der Waals surface area contributed by atoms with Gasteiger partial charge in [-0.15, -0.1) is 0 Å². The lowest BCUT2D eigenvalue weighted by Gasteiger charge is -2.29. The van der Waals surface area contributed by atoms with Gasteiger partial charge in [-0.05, 0) is 153 Å². The molecule has 0 aliphatic heterocycles. The standard InChI is InChI=1S/C58H44N2/c1-3-43-17-11-19-45(37-43)47-21-13-23-49(39-47)51-25-15-31-57(41-51)59(53-27-7-5-8-28-53)55-33-35-56(36-34-55)60(54-29-9-6-10-30-54)58-32-16-26-52(42-58)50-24-14-22-48(40-50)46-20-12-18-44(4-2)38-46/h3-42H,1-2H2. The van der Waals surface area contributed by atoms with E-state index in [4.69, 9.17) is 0 Å². The van der Waals surface area contributed by atoms with Crippen molar-refractivity contribution in [3.63, 3.8) is 0 Å². The van der Waals surface area contributed by atoms with Gasteiger partial charge in [0.05, 0.1) is 0 Å². The second-order valence-electron chi connectivity index (χ2n) is 14.8. The average molecular weight is 769 g/mol. The van der Waals surface area contributed by atoms with Crippen molar-refractivity contribution in [2.45, 2.75) is 0 Å². The molecule has 0 aliphatic carbocycles. The molecule has 9 rings (SSSR count). The van der Waals surface area contributed by atoms with Gasteiger partial charge in [0.2, 0.25) is 0 Å². The summed E-state index contributed by atoms with van der Waals surface area (Å²) in [5, 5.41) is 0. The number of para-hydroxylation sites is 2. The first-order valence-corrected chi connectivity index (χ1v) is 20.3. The monoisotopic (exact) mass is 768 g/mol. The lowest BCUT2D eigenvalue weighted by atomic mass is 9.97. The quantitative estimate of drug-likeness (QED) is 0.122. The first-order chi connectivity index (χ1) is 29.6. The molecule has 0 amide bonds. The zero-order chi connectivity index (χ0) is 40.7. The van der Waals surface area contributed by atoms with Crippen LogP contribution in [0.25, 0.3) is 56.7 Å². The second-order valence-corrected chi connectivity index (χ2v) is 14.8. The highest BCUT2D eigenvalue weighted by molar-refractivity contribution is 5.85. The summed E-state index contributed by atoms with van der Waals surface area (Å²) in [6.45, 7) is 7.93. The van der Waals surface area contributed by atoms with Crippen LogP contribution < -0.4 is 9.80 Å². The Labute approximate surface area is 353 Å². The van der Waals surface area contributed by atoms with Gasteiger partial charge in [-0.25, -0.2) is 0 Å². The van der Waals surface area contributed by atoms with Gasteiger partial charge in [0, 0.05) is 34.1 Å². The van der Waals surface area contributed by atoms with E-state index in [-0.39, 0.29) is 0 Å². The highest BCUT2D eigenvalue weighted by Gasteiger charge is 2.17. The van der Waals surface area contributed by atoms with Crippen LogP contribution in [0.15, 0.2) is 244 Å². The molecule has 2 nitrogen and oxygen atoms in total. The highest BCUT2D eigenvalue weighted by atomic mass is 15.2. The fourth-order valence-corrected chi connectivity index (χ4v) is 7.90. The molecule has 286 valence electrons. The molecule has 0 atom stereocenters. The third-order valence-corrected chi connectivity index (χ3v) is 10.9. The Hall–Kier alpha value is -7.94. The SMILES string of the molecule is C=Cc1cccc(-c2cccc(-c3cccc(N(c4ccccc4)c4ccc(N(c5ccccc5)c5cccc(-c6cccc(-c7cccc(C=C)c7)c6)c5)cc4)c3)c2)c1. The summed E-state index contributed by atoms with van der Waals surface area (Å²) in [5.74, 6) is 0. The number of rotatable bonds is 12. The first-order valence-electron chi connectivity index (χ1n) is 20.3. The average Bonchev–Trinajstić information content (AvgIpc) is 3.33. The van der Waals surface area contributed by atoms with Crippen molar-refractivity contribution in [2.75, 3.05) is 9.80 Å². The van der Waals surface area contributed by atoms with Gasteiger partial charge in [-0.2, -0.15) is 0 Å². The maximum atomic E-state index is 3.97. The minimum atomic E-state index is 1.07. The molecule has 0 spiro atoms. The Morgan fingerprint density at radius 2 is 0.500 bits per heavy atom. The molecule has 0 unspecified atom stereocenters. The topological polar surface area (TPSA) is 6.48 Å². The van der Waals surface area contributed by atoms with Crippen molar-refractivity contribution in [1.82, 2.24) is 0 Å². The van der Waals surface area contributed by atoms with Crippen molar-refractivity contribution >= 4 is 46.3 Å². The Balaban J connectivity index is 1.07. The third kappa shape index (κ3) is 8.09. The Morgan fingerprint density at radius 3 is 0.850 bits per heavy atom. The van der Waals surface area contributed by atoms with Crippen LogP contribution in [0.1, 0.15) is 11.1 Å². The molecule has 0 radical (unpaired) electrons. The van der Waals surface area contributed by atoms with Gasteiger partial charge in [0.15, 0.2) is 0 Å². The van der Waals surface area contributed by atoms with E-state index in [9.17, 15) is 0 Å². The van der Waals surface area contributed by atoms with Crippen LogP contribution in [0.4, 0.5) is 34.1 Å². The molecular formula is C58H44N2. The maximum Gasteiger partial charge on any atom is 0.0467 e. The van der Waals surface area contributed by atoms with E-state index in [1.165, 1.54) is 22.3 Å². The predicted octanol–water partition coefficient (Wildman–Crippen LogP) is 16.6. The minimum Gasteiger partial charge on any atom is -0.310 e. The predicted molar refractivity (Wildman–Crippen MR) is 258 cm³/mol. The molecule has 9 aromatic carbocycles. The molecule has 0 bridgehead atoms. The number of hydrogen-bond acceptors (Lipinski definition) is 2. The summed E-state index contributed by atoms with van der Waals surface area (Å²) < 4.78 is 0. The minimum absolute atomic E-state index is 1.07. The first kappa shape index (κ1) is 37.6. The zero-order valence-corrected chi connectivity index (χ0v) is 33.4. The Bertz CT molecular complexity index is 2710. The summed E-state index contributed by atoms with van der Waals surface area (Å²) in [5.41, 5.74) is 18.0. The van der Waals surface area contributed by atoms with E-state index in [2.05, 4.69) is 253 Å². The van der Waals surface area contributed by atoms with Gasteiger partial charge in [-0.1, -0.05) is 159 Å². The summed E-state index contributed by atoms with van der Waals surface area (Å²) in [7, 11) is 0. The van der Waals surface area contributed by atoms with Gasteiger partial charge >= 0.3 is 0 Å². The molecule has 0 saturated carbocycles. The Kier molecular flexibility index (Phi) is 10.8.